The van der Waals surface area contributed by atoms with Crippen molar-refractivity contribution in [1.29, 1.82) is 0 Å². The van der Waals surface area contributed by atoms with Crippen molar-refractivity contribution in [3.05, 3.63) is 53.1 Å². The zero-order valence-electron chi connectivity index (χ0n) is 17.8. The topological polar surface area (TPSA) is 44.8 Å². The van der Waals surface area contributed by atoms with Crippen molar-refractivity contribution >= 4 is 18.4 Å². The van der Waals surface area contributed by atoms with Crippen molar-refractivity contribution < 1.29 is 19.0 Å². The van der Waals surface area contributed by atoms with Crippen LogP contribution in [0.3, 0.4) is 0 Å². The van der Waals surface area contributed by atoms with E-state index in [0.29, 0.717) is 31.1 Å². The normalized spacial score (nSPS) is 10.9. The molecule has 0 amide bonds. The summed E-state index contributed by atoms with van der Waals surface area (Å²) in [5.74, 6) is 2.16. The Kier molecular flexibility index (Phi) is 9.84. The fourth-order valence-electron chi connectivity index (χ4n) is 3.22. The fourth-order valence-corrected chi connectivity index (χ4v) is 3.22. The average molecular weight is 397 g/mol. The molecule has 0 heterocycles. The van der Waals surface area contributed by atoms with Crippen molar-refractivity contribution in [3.63, 3.8) is 0 Å². The van der Waals surface area contributed by atoms with Gasteiger partial charge in [0.15, 0.2) is 11.5 Å². The summed E-state index contributed by atoms with van der Waals surface area (Å²) in [5, 5.41) is 0. The molecule has 0 fully saturated rings. The number of unbranched alkanes of at least 4 members (excludes halogenated alkanes) is 3. The molecule has 2 rings (SSSR count). The van der Waals surface area contributed by atoms with Crippen LogP contribution < -0.4 is 14.2 Å². The third kappa shape index (κ3) is 7.30. The summed E-state index contributed by atoms with van der Waals surface area (Å²) in [5.41, 5.74) is 3.36. The lowest BCUT2D eigenvalue weighted by Gasteiger charge is -2.14. The second-order valence-corrected chi connectivity index (χ2v) is 6.75. The maximum atomic E-state index is 10.4. The Hall–Kier alpha value is -2.75. The first-order chi connectivity index (χ1) is 14.2. The lowest BCUT2D eigenvalue weighted by atomic mass is 10.0. The summed E-state index contributed by atoms with van der Waals surface area (Å²) < 4.78 is 17.0. The number of ether oxygens (including phenoxy) is 3. The van der Waals surface area contributed by atoms with E-state index in [1.54, 1.807) is 7.11 Å². The average Bonchev–Trinajstić information content (AvgIpc) is 2.73. The fraction of sp³-hybridized carbons (Fsp3) is 0.400. The standard InChI is InChI=1S/C25H32O4/c1-4-28-23-18-22(25(27-3)24(19-23)29-5-2)15-14-21-13-10-12-20(17-21)11-8-6-7-9-16-26/h10,12-19H,4-9,11H2,1-3H3. The van der Waals surface area contributed by atoms with Crippen LogP contribution in [0, 0.1) is 0 Å². The molecule has 0 saturated heterocycles. The number of carbonyl (C=O) groups is 1. The lowest BCUT2D eigenvalue weighted by molar-refractivity contribution is -0.107. The number of rotatable bonds is 13. The summed E-state index contributed by atoms with van der Waals surface area (Å²) in [6.07, 6.45) is 9.96. The van der Waals surface area contributed by atoms with E-state index in [1.807, 2.05) is 32.1 Å². The van der Waals surface area contributed by atoms with Gasteiger partial charge in [0.1, 0.15) is 12.0 Å². The number of aldehydes is 1. The molecule has 0 atom stereocenters. The van der Waals surface area contributed by atoms with Crippen molar-refractivity contribution in [1.82, 2.24) is 0 Å². The Morgan fingerprint density at radius 2 is 1.76 bits per heavy atom. The molecule has 0 unspecified atom stereocenters. The van der Waals surface area contributed by atoms with Gasteiger partial charge in [-0.05, 0) is 50.3 Å². The second kappa shape index (κ2) is 12.7. The van der Waals surface area contributed by atoms with Crippen molar-refractivity contribution in [2.45, 2.75) is 46.0 Å². The predicted molar refractivity (Wildman–Crippen MR) is 119 cm³/mol. The molecule has 0 spiro atoms. The first-order valence-electron chi connectivity index (χ1n) is 10.4. The van der Waals surface area contributed by atoms with Gasteiger partial charge in [-0.2, -0.15) is 0 Å². The molecule has 0 N–H and O–H groups in total. The van der Waals surface area contributed by atoms with Crippen LogP contribution in [0.5, 0.6) is 17.2 Å². The highest BCUT2D eigenvalue weighted by Gasteiger charge is 2.12. The van der Waals surface area contributed by atoms with E-state index in [2.05, 4.69) is 30.3 Å². The lowest BCUT2D eigenvalue weighted by Crippen LogP contribution is -1.99. The van der Waals surface area contributed by atoms with Gasteiger partial charge in [-0.15, -0.1) is 0 Å². The first kappa shape index (κ1) is 22.5. The molecule has 156 valence electrons. The van der Waals surface area contributed by atoms with Crippen LogP contribution in [0.15, 0.2) is 36.4 Å². The van der Waals surface area contributed by atoms with E-state index < -0.39 is 0 Å². The molecule has 4 heteroatoms. The van der Waals surface area contributed by atoms with E-state index >= 15 is 0 Å². The van der Waals surface area contributed by atoms with E-state index in [9.17, 15) is 4.79 Å². The molecule has 0 aliphatic carbocycles. The van der Waals surface area contributed by atoms with Gasteiger partial charge in [0.05, 0.1) is 20.3 Å². The summed E-state index contributed by atoms with van der Waals surface area (Å²) in [4.78, 5) is 10.4. The molecule has 2 aromatic rings. The molecular weight excluding hydrogens is 364 g/mol. The van der Waals surface area contributed by atoms with Crippen molar-refractivity contribution in [2.24, 2.45) is 0 Å². The Balaban J connectivity index is 2.17. The molecule has 4 nitrogen and oxygen atoms in total. The van der Waals surface area contributed by atoms with Gasteiger partial charge >= 0.3 is 0 Å². The minimum absolute atomic E-state index is 0.560. The number of carbonyl (C=O) groups excluding carboxylic acids is 1. The second-order valence-electron chi connectivity index (χ2n) is 6.75. The van der Waals surface area contributed by atoms with Gasteiger partial charge in [-0.1, -0.05) is 42.8 Å². The van der Waals surface area contributed by atoms with Gasteiger partial charge < -0.3 is 19.0 Å². The van der Waals surface area contributed by atoms with E-state index in [-0.39, 0.29) is 0 Å². The highest BCUT2D eigenvalue weighted by Crippen LogP contribution is 2.37. The monoisotopic (exact) mass is 396 g/mol. The van der Waals surface area contributed by atoms with Crippen LogP contribution in [0.25, 0.3) is 12.2 Å². The van der Waals surface area contributed by atoms with E-state index in [0.717, 1.165) is 48.8 Å². The number of aryl methyl sites for hydroxylation is 1. The molecular formula is C25H32O4. The number of methoxy groups -OCH3 is 1. The van der Waals surface area contributed by atoms with Crippen LogP contribution in [0.1, 0.15) is 56.2 Å². The molecule has 0 aliphatic heterocycles. The smallest absolute Gasteiger partial charge is 0.168 e. The van der Waals surface area contributed by atoms with Crippen LogP contribution in [0.2, 0.25) is 0 Å². The zero-order valence-corrected chi connectivity index (χ0v) is 17.8. The largest absolute Gasteiger partial charge is 0.494 e. The molecule has 0 saturated carbocycles. The Morgan fingerprint density at radius 3 is 2.48 bits per heavy atom. The van der Waals surface area contributed by atoms with Gasteiger partial charge in [0.2, 0.25) is 0 Å². The van der Waals surface area contributed by atoms with Crippen molar-refractivity contribution in [3.8, 4) is 17.2 Å². The summed E-state index contributed by atoms with van der Waals surface area (Å²) in [6, 6.07) is 12.4. The maximum Gasteiger partial charge on any atom is 0.168 e. The van der Waals surface area contributed by atoms with Gasteiger partial charge in [0.25, 0.3) is 0 Å². The number of hydrogen-bond acceptors (Lipinski definition) is 4. The third-order valence-corrected chi connectivity index (χ3v) is 4.57. The van der Waals surface area contributed by atoms with E-state index in [1.165, 1.54) is 5.56 Å². The number of benzene rings is 2. The van der Waals surface area contributed by atoms with Gasteiger partial charge in [-0.25, -0.2) is 0 Å². The highest BCUT2D eigenvalue weighted by molar-refractivity contribution is 5.75. The zero-order chi connectivity index (χ0) is 20.9. The maximum absolute atomic E-state index is 10.4. The Bertz CT molecular complexity index is 795. The van der Waals surface area contributed by atoms with Gasteiger partial charge in [-0.3, -0.25) is 0 Å². The minimum atomic E-state index is 0.560. The molecule has 0 bridgehead atoms. The number of hydrogen-bond donors (Lipinski definition) is 0. The van der Waals surface area contributed by atoms with Gasteiger partial charge in [0, 0.05) is 18.1 Å². The molecule has 0 aliphatic rings. The van der Waals surface area contributed by atoms with Crippen LogP contribution in [-0.2, 0) is 11.2 Å². The first-order valence-corrected chi connectivity index (χ1v) is 10.4. The summed E-state index contributed by atoms with van der Waals surface area (Å²) >= 11 is 0. The molecule has 2 aromatic carbocycles. The minimum Gasteiger partial charge on any atom is -0.494 e. The van der Waals surface area contributed by atoms with Crippen LogP contribution >= 0.6 is 0 Å². The Morgan fingerprint density at radius 1 is 0.931 bits per heavy atom. The van der Waals surface area contributed by atoms with E-state index in [4.69, 9.17) is 14.2 Å². The van der Waals surface area contributed by atoms with Crippen LogP contribution in [0.4, 0.5) is 0 Å². The Labute approximate surface area is 174 Å². The quantitative estimate of drug-likeness (QED) is 0.238. The SMILES string of the molecule is CCOc1cc(C=Cc2cccc(CCCCCC=O)c2)c(OC)c(OCC)c1. The molecule has 29 heavy (non-hydrogen) atoms. The summed E-state index contributed by atoms with van der Waals surface area (Å²) in [7, 11) is 1.65. The van der Waals surface area contributed by atoms with Crippen LogP contribution in [-0.4, -0.2) is 26.6 Å². The molecule has 0 aromatic heterocycles. The predicted octanol–water partition coefficient (Wildman–Crippen LogP) is 5.96. The molecule has 0 radical (unpaired) electrons. The highest BCUT2D eigenvalue weighted by atomic mass is 16.5. The summed E-state index contributed by atoms with van der Waals surface area (Å²) in [6.45, 7) is 5.07. The van der Waals surface area contributed by atoms with Crippen molar-refractivity contribution in [2.75, 3.05) is 20.3 Å². The third-order valence-electron chi connectivity index (χ3n) is 4.57.